The highest BCUT2D eigenvalue weighted by atomic mass is 16.1. The van der Waals surface area contributed by atoms with Crippen LogP contribution in [-0.4, -0.2) is 5.91 Å². The highest BCUT2D eigenvalue weighted by molar-refractivity contribution is 6.04. The summed E-state index contributed by atoms with van der Waals surface area (Å²) < 4.78 is 1.96. The Hall–Kier alpha value is -3.34. The second-order valence-corrected chi connectivity index (χ2v) is 5.53. The normalized spacial score (nSPS) is 10.2. The van der Waals surface area contributed by atoms with Crippen LogP contribution >= 0.6 is 0 Å². The van der Waals surface area contributed by atoms with Gasteiger partial charge in [0, 0.05) is 34.8 Å². The zero-order valence-electron chi connectivity index (χ0n) is 13.4. The smallest absolute Gasteiger partial charge is 0.255 e. The van der Waals surface area contributed by atoms with Gasteiger partial charge in [-0.15, -0.1) is 0 Å². The minimum Gasteiger partial charge on any atom is -0.399 e. The Kier molecular flexibility index (Phi) is 4.43. The number of anilines is 4. The Labute approximate surface area is 140 Å². The third-order valence-electron chi connectivity index (χ3n) is 3.56. The predicted molar refractivity (Wildman–Crippen MR) is 96.2 cm³/mol. The number of nitrogens with one attached hydrogen (secondary N) is 2. The maximum Gasteiger partial charge on any atom is 0.255 e. The summed E-state index contributed by atoms with van der Waals surface area (Å²) in [6, 6.07) is 18.4. The third-order valence-corrected chi connectivity index (χ3v) is 3.56. The molecule has 3 rings (SSSR count). The van der Waals surface area contributed by atoms with Crippen molar-refractivity contribution in [2.45, 2.75) is 0 Å². The van der Waals surface area contributed by atoms with Gasteiger partial charge in [0.05, 0.1) is 5.69 Å². The average Bonchev–Trinajstić information content (AvgIpc) is 2.59. The monoisotopic (exact) mass is 319 g/mol. The summed E-state index contributed by atoms with van der Waals surface area (Å²) in [6.45, 7) is 0. The minimum atomic E-state index is -0.164. The van der Waals surface area contributed by atoms with E-state index in [1.165, 1.54) is 0 Å². The first-order chi connectivity index (χ1) is 11.6. The lowest BCUT2D eigenvalue weighted by atomic mass is 10.1. The van der Waals surface area contributed by atoms with Gasteiger partial charge in [0.2, 0.25) is 0 Å². The minimum absolute atomic E-state index is 0.164. The first kappa shape index (κ1) is 15.6. The van der Waals surface area contributed by atoms with Crippen LogP contribution in [0.5, 0.6) is 0 Å². The van der Waals surface area contributed by atoms with Crippen LogP contribution in [0, 0.1) is 0 Å². The Morgan fingerprint density at radius 3 is 2.33 bits per heavy atom. The highest BCUT2D eigenvalue weighted by Gasteiger charge is 2.07. The molecule has 1 heterocycles. The summed E-state index contributed by atoms with van der Waals surface area (Å²) in [4.78, 5) is 12.4. The average molecular weight is 319 g/mol. The fourth-order valence-corrected chi connectivity index (χ4v) is 2.26. The zero-order chi connectivity index (χ0) is 16.9. The standard InChI is InChI=1S/C19H18N4O/c1-23-11-9-17(10-12-23)21-18-4-2-3-14(13-18)19(24)22-16-7-5-15(20)6-8-16/h2-13H,20H2,1H3,(H,22,24)/p+1. The van der Waals surface area contributed by atoms with Crippen LogP contribution < -0.4 is 20.9 Å². The third kappa shape index (κ3) is 3.89. The summed E-state index contributed by atoms with van der Waals surface area (Å²) in [5.41, 5.74) is 9.42. The van der Waals surface area contributed by atoms with Crippen LogP contribution in [0.1, 0.15) is 10.4 Å². The van der Waals surface area contributed by atoms with Gasteiger partial charge >= 0.3 is 0 Å². The molecule has 0 spiro atoms. The van der Waals surface area contributed by atoms with Crippen molar-refractivity contribution in [2.75, 3.05) is 16.4 Å². The molecule has 4 N–H and O–H groups in total. The number of aryl methyl sites for hydroxylation is 1. The van der Waals surface area contributed by atoms with Crippen molar-refractivity contribution < 1.29 is 9.36 Å². The van der Waals surface area contributed by atoms with Gasteiger partial charge in [0.1, 0.15) is 7.05 Å². The molecule has 0 fully saturated rings. The second-order valence-electron chi connectivity index (χ2n) is 5.53. The van der Waals surface area contributed by atoms with E-state index in [2.05, 4.69) is 10.6 Å². The fourth-order valence-electron chi connectivity index (χ4n) is 2.26. The number of nitrogen functional groups attached to an aromatic ring is 1. The molecule has 5 heteroatoms. The maximum atomic E-state index is 12.4. The van der Waals surface area contributed by atoms with Crippen LogP contribution in [0.25, 0.3) is 0 Å². The quantitative estimate of drug-likeness (QED) is 0.511. The van der Waals surface area contributed by atoms with E-state index in [4.69, 9.17) is 5.73 Å². The van der Waals surface area contributed by atoms with Crippen LogP contribution in [0.4, 0.5) is 22.7 Å². The van der Waals surface area contributed by atoms with Gasteiger partial charge < -0.3 is 16.4 Å². The molecule has 0 radical (unpaired) electrons. The number of nitrogens with zero attached hydrogens (tertiary/aromatic N) is 1. The molecule has 0 aliphatic heterocycles. The fraction of sp³-hybridized carbons (Fsp3) is 0.0526. The SMILES string of the molecule is C[n+]1ccc(Nc2cccc(C(=O)Nc3ccc(N)cc3)c2)cc1. The number of pyridine rings is 1. The number of aromatic nitrogens is 1. The number of benzene rings is 2. The van der Waals surface area contributed by atoms with Crippen molar-refractivity contribution in [3.8, 4) is 0 Å². The summed E-state index contributed by atoms with van der Waals surface area (Å²) >= 11 is 0. The van der Waals surface area contributed by atoms with E-state index < -0.39 is 0 Å². The van der Waals surface area contributed by atoms with Gasteiger partial charge in [-0.05, 0) is 42.5 Å². The second kappa shape index (κ2) is 6.83. The summed E-state index contributed by atoms with van der Waals surface area (Å²) in [5.74, 6) is -0.164. The molecule has 5 nitrogen and oxygen atoms in total. The number of rotatable bonds is 4. The van der Waals surface area contributed by atoms with E-state index in [-0.39, 0.29) is 5.91 Å². The van der Waals surface area contributed by atoms with Gasteiger partial charge in [0.25, 0.3) is 5.91 Å². The molecule has 2 aromatic carbocycles. The van der Waals surface area contributed by atoms with E-state index in [0.29, 0.717) is 16.9 Å². The Bertz CT molecular complexity index is 842. The van der Waals surface area contributed by atoms with Crippen LogP contribution in [0.3, 0.4) is 0 Å². The molecule has 3 aromatic rings. The van der Waals surface area contributed by atoms with Crippen molar-refractivity contribution in [2.24, 2.45) is 7.05 Å². The molecular formula is C19H19N4O+. The lowest BCUT2D eigenvalue weighted by Gasteiger charge is -2.09. The number of hydrogen-bond acceptors (Lipinski definition) is 3. The highest BCUT2D eigenvalue weighted by Crippen LogP contribution is 2.18. The molecule has 0 unspecified atom stereocenters. The van der Waals surface area contributed by atoms with E-state index in [0.717, 1.165) is 11.4 Å². The lowest BCUT2D eigenvalue weighted by Crippen LogP contribution is -2.25. The van der Waals surface area contributed by atoms with Gasteiger partial charge in [-0.2, -0.15) is 0 Å². The van der Waals surface area contributed by atoms with E-state index in [1.54, 1.807) is 30.3 Å². The van der Waals surface area contributed by atoms with Gasteiger partial charge in [-0.1, -0.05) is 6.07 Å². The molecule has 120 valence electrons. The summed E-state index contributed by atoms with van der Waals surface area (Å²) in [6.07, 6.45) is 3.92. The Morgan fingerprint density at radius 2 is 1.62 bits per heavy atom. The topological polar surface area (TPSA) is 71.0 Å². The number of carbonyl (C=O) groups excluding carboxylic acids is 1. The van der Waals surface area contributed by atoms with Crippen molar-refractivity contribution in [3.63, 3.8) is 0 Å². The van der Waals surface area contributed by atoms with Crippen LogP contribution in [0.2, 0.25) is 0 Å². The summed E-state index contributed by atoms with van der Waals surface area (Å²) in [7, 11) is 1.96. The molecule has 0 saturated carbocycles. The van der Waals surface area contributed by atoms with Crippen LogP contribution in [-0.2, 0) is 7.05 Å². The van der Waals surface area contributed by atoms with Crippen molar-refractivity contribution >= 4 is 28.7 Å². The largest absolute Gasteiger partial charge is 0.399 e. The van der Waals surface area contributed by atoms with Gasteiger partial charge in [-0.25, -0.2) is 4.57 Å². The first-order valence-corrected chi connectivity index (χ1v) is 7.59. The Morgan fingerprint density at radius 1 is 0.917 bits per heavy atom. The van der Waals surface area contributed by atoms with E-state index in [9.17, 15) is 4.79 Å². The van der Waals surface area contributed by atoms with Gasteiger partial charge in [-0.3, -0.25) is 4.79 Å². The molecule has 0 saturated heterocycles. The van der Waals surface area contributed by atoms with Crippen molar-refractivity contribution in [1.82, 2.24) is 0 Å². The molecule has 0 bridgehead atoms. The van der Waals surface area contributed by atoms with E-state index >= 15 is 0 Å². The number of carbonyl (C=O) groups is 1. The lowest BCUT2D eigenvalue weighted by molar-refractivity contribution is -0.671. The maximum absolute atomic E-state index is 12.4. The molecule has 0 atom stereocenters. The van der Waals surface area contributed by atoms with Crippen molar-refractivity contribution in [1.29, 1.82) is 0 Å². The Balaban J connectivity index is 1.73. The zero-order valence-corrected chi connectivity index (χ0v) is 13.4. The van der Waals surface area contributed by atoms with E-state index in [1.807, 2.05) is 54.3 Å². The molecule has 0 aliphatic rings. The predicted octanol–water partition coefficient (Wildman–Crippen LogP) is 3.09. The molecule has 24 heavy (non-hydrogen) atoms. The number of amides is 1. The number of hydrogen-bond donors (Lipinski definition) is 3. The first-order valence-electron chi connectivity index (χ1n) is 7.59. The molecule has 1 aromatic heterocycles. The van der Waals surface area contributed by atoms with Crippen molar-refractivity contribution in [3.05, 3.63) is 78.6 Å². The molecule has 1 amide bonds. The summed E-state index contributed by atoms with van der Waals surface area (Å²) in [5, 5.41) is 6.15. The van der Waals surface area contributed by atoms with Gasteiger partial charge in [0.15, 0.2) is 12.4 Å². The molecule has 0 aliphatic carbocycles. The van der Waals surface area contributed by atoms with Crippen LogP contribution in [0.15, 0.2) is 73.1 Å². The molecular weight excluding hydrogens is 300 g/mol. The number of nitrogens with two attached hydrogens (primary N) is 1.